The van der Waals surface area contributed by atoms with Gasteiger partial charge in [0.1, 0.15) is 0 Å². The van der Waals surface area contributed by atoms with E-state index in [1.165, 1.54) is 38.6 Å². The third-order valence-corrected chi connectivity index (χ3v) is 2.94. The molecule has 0 saturated carbocycles. The van der Waals surface area contributed by atoms with Crippen molar-refractivity contribution in [1.82, 2.24) is 5.32 Å². The standard InChI is InChI=1S/C12H27N/c1-5-7-9-11(3)12(8-6-2)10-13-4/h11-13H,5-10H2,1-4H3. The van der Waals surface area contributed by atoms with Crippen LogP contribution in [0.2, 0.25) is 0 Å². The summed E-state index contributed by atoms with van der Waals surface area (Å²) in [7, 11) is 2.06. The van der Waals surface area contributed by atoms with E-state index in [2.05, 4.69) is 33.1 Å². The summed E-state index contributed by atoms with van der Waals surface area (Å²) in [4.78, 5) is 0. The summed E-state index contributed by atoms with van der Waals surface area (Å²) in [5.74, 6) is 1.79. The summed E-state index contributed by atoms with van der Waals surface area (Å²) in [6.07, 6.45) is 6.84. The summed E-state index contributed by atoms with van der Waals surface area (Å²) in [5.41, 5.74) is 0. The number of hydrogen-bond acceptors (Lipinski definition) is 1. The highest BCUT2D eigenvalue weighted by atomic mass is 14.8. The molecule has 0 spiro atoms. The molecule has 0 aromatic rings. The molecule has 0 aliphatic heterocycles. The SMILES string of the molecule is CCCCC(C)C(CCC)CNC. The number of rotatable bonds is 8. The summed E-state index contributed by atoms with van der Waals surface area (Å²) in [6.45, 7) is 8.17. The van der Waals surface area contributed by atoms with Crippen LogP contribution in [-0.4, -0.2) is 13.6 Å². The van der Waals surface area contributed by atoms with Gasteiger partial charge in [-0.3, -0.25) is 0 Å². The lowest BCUT2D eigenvalue weighted by atomic mass is 9.86. The van der Waals surface area contributed by atoms with Crippen molar-refractivity contribution in [3.63, 3.8) is 0 Å². The van der Waals surface area contributed by atoms with E-state index in [0.29, 0.717) is 0 Å². The average Bonchev–Trinajstić information content (AvgIpc) is 2.14. The van der Waals surface area contributed by atoms with Gasteiger partial charge in [0.25, 0.3) is 0 Å². The molecule has 0 aliphatic carbocycles. The van der Waals surface area contributed by atoms with Gasteiger partial charge >= 0.3 is 0 Å². The van der Waals surface area contributed by atoms with E-state index in [1.54, 1.807) is 0 Å². The van der Waals surface area contributed by atoms with Crippen LogP contribution in [0.1, 0.15) is 52.9 Å². The Hall–Kier alpha value is -0.0400. The van der Waals surface area contributed by atoms with Crippen molar-refractivity contribution in [3.05, 3.63) is 0 Å². The van der Waals surface area contributed by atoms with Crippen LogP contribution in [0.25, 0.3) is 0 Å². The fourth-order valence-corrected chi connectivity index (χ4v) is 1.98. The quantitative estimate of drug-likeness (QED) is 0.611. The molecule has 1 nitrogen and oxygen atoms in total. The maximum absolute atomic E-state index is 3.31. The first kappa shape index (κ1) is 13.0. The van der Waals surface area contributed by atoms with Gasteiger partial charge in [0, 0.05) is 0 Å². The van der Waals surface area contributed by atoms with Gasteiger partial charge in [-0.1, -0.05) is 46.5 Å². The lowest BCUT2D eigenvalue weighted by Crippen LogP contribution is -2.24. The second-order valence-corrected chi connectivity index (χ2v) is 4.23. The molecule has 0 amide bonds. The Morgan fingerprint density at radius 1 is 1.08 bits per heavy atom. The molecule has 2 unspecified atom stereocenters. The van der Waals surface area contributed by atoms with Gasteiger partial charge in [-0.25, -0.2) is 0 Å². The monoisotopic (exact) mass is 185 g/mol. The molecule has 2 atom stereocenters. The molecule has 80 valence electrons. The normalized spacial score (nSPS) is 15.7. The summed E-state index contributed by atoms with van der Waals surface area (Å²) >= 11 is 0. The van der Waals surface area contributed by atoms with Crippen molar-refractivity contribution in [2.45, 2.75) is 52.9 Å². The zero-order valence-electron chi connectivity index (χ0n) is 9.90. The van der Waals surface area contributed by atoms with Crippen molar-refractivity contribution < 1.29 is 0 Å². The third kappa shape index (κ3) is 6.09. The number of unbranched alkanes of at least 4 members (excludes halogenated alkanes) is 1. The van der Waals surface area contributed by atoms with Crippen LogP contribution >= 0.6 is 0 Å². The van der Waals surface area contributed by atoms with Gasteiger partial charge in [-0.05, 0) is 31.8 Å². The molecule has 0 saturated heterocycles. The van der Waals surface area contributed by atoms with Crippen LogP contribution in [0.15, 0.2) is 0 Å². The predicted molar refractivity (Wildman–Crippen MR) is 61.0 cm³/mol. The van der Waals surface area contributed by atoms with E-state index in [4.69, 9.17) is 0 Å². The Morgan fingerprint density at radius 2 is 1.77 bits per heavy atom. The van der Waals surface area contributed by atoms with Crippen molar-refractivity contribution in [3.8, 4) is 0 Å². The molecule has 0 aromatic heterocycles. The highest BCUT2D eigenvalue weighted by Gasteiger charge is 2.14. The Balaban J connectivity index is 3.72. The van der Waals surface area contributed by atoms with E-state index in [1.807, 2.05) is 0 Å². The minimum atomic E-state index is 0.890. The molecular formula is C12H27N. The Morgan fingerprint density at radius 3 is 2.23 bits per heavy atom. The smallest absolute Gasteiger partial charge is 0.00210 e. The minimum Gasteiger partial charge on any atom is -0.319 e. The molecule has 0 fully saturated rings. The molecule has 13 heavy (non-hydrogen) atoms. The Labute approximate surface area is 84.3 Å². The molecule has 0 bridgehead atoms. The largest absolute Gasteiger partial charge is 0.319 e. The zero-order valence-corrected chi connectivity index (χ0v) is 9.90. The van der Waals surface area contributed by atoms with Gasteiger partial charge in [-0.15, -0.1) is 0 Å². The molecule has 0 rings (SSSR count). The second-order valence-electron chi connectivity index (χ2n) is 4.23. The average molecular weight is 185 g/mol. The van der Waals surface area contributed by atoms with Gasteiger partial charge in [0.2, 0.25) is 0 Å². The molecule has 0 radical (unpaired) electrons. The number of hydrogen-bond donors (Lipinski definition) is 1. The first-order valence-corrected chi connectivity index (χ1v) is 5.90. The van der Waals surface area contributed by atoms with Crippen molar-refractivity contribution >= 4 is 0 Å². The Bertz CT molecular complexity index is 95.3. The third-order valence-electron chi connectivity index (χ3n) is 2.94. The van der Waals surface area contributed by atoms with E-state index < -0.39 is 0 Å². The summed E-state index contributed by atoms with van der Waals surface area (Å²) in [5, 5.41) is 3.31. The van der Waals surface area contributed by atoms with Crippen LogP contribution in [0, 0.1) is 11.8 Å². The predicted octanol–water partition coefficient (Wildman–Crippen LogP) is 3.45. The lowest BCUT2D eigenvalue weighted by Gasteiger charge is -2.23. The summed E-state index contributed by atoms with van der Waals surface area (Å²) in [6, 6.07) is 0. The van der Waals surface area contributed by atoms with Crippen molar-refractivity contribution in [2.75, 3.05) is 13.6 Å². The minimum absolute atomic E-state index is 0.890. The number of nitrogens with one attached hydrogen (secondary N) is 1. The van der Waals surface area contributed by atoms with Crippen molar-refractivity contribution in [1.29, 1.82) is 0 Å². The van der Waals surface area contributed by atoms with Crippen LogP contribution in [0.5, 0.6) is 0 Å². The first-order valence-electron chi connectivity index (χ1n) is 5.90. The molecular weight excluding hydrogens is 158 g/mol. The zero-order chi connectivity index (χ0) is 10.1. The maximum atomic E-state index is 3.31. The Kier molecular flexibility index (Phi) is 8.53. The molecule has 0 heterocycles. The first-order chi connectivity index (χ1) is 6.26. The molecule has 0 aliphatic rings. The maximum Gasteiger partial charge on any atom is -0.00210 e. The highest BCUT2D eigenvalue weighted by Crippen LogP contribution is 2.21. The summed E-state index contributed by atoms with van der Waals surface area (Å²) < 4.78 is 0. The van der Waals surface area contributed by atoms with E-state index >= 15 is 0 Å². The van der Waals surface area contributed by atoms with E-state index in [9.17, 15) is 0 Å². The van der Waals surface area contributed by atoms with Gasteiger partial charge in [-0.2, -0.15) is 0 Å². The van der Waals surface area contributed by atoms with Crippen LogP contribution in [-0.2, 0) is 0 Å². The second kappa shape index (κ2) is 8.55. The topological polar surface area (TPSA) is 12.0 Å². The lowest BCUT2D eigenvalue weighted by molar-refractivity contribution is 0.302. The van der Waals surface area contributed by atoms with E-state index in [-0.39, 0.29) is 0 Å². The van der Waals surface area contributed by atoms with Gasteiger partial charge < -0.3 is 5.32 Å². The van der Waals surface area contributed by atoms with E-state index in [0.717, 1.165) is 11.8 Å². The molecule has 1 N–H and O–H groups in total. The van der Waals surface area contributed by atoms with Crippen LogP contribution < -0.4 is 5.32 Å². The molecule has 1 heteroatoms. The van der Waals surface area contributed by atoms with Crippen LogP contribution in [0.4, 0.5) is 0 Å². The fraction of sp³-hybridized carbons (Fsp3) is 1.00. The van der Waals surface area contributed by atoms with Gasteiger partial charge in [0.15, 0.2) is 0 Å². The molecule has 0 aromatic carbocycles. The van der Waals surface area contributed by atoms with Crippen LogP contribution in [0.3, 0.4) is 0 Å². The highest BCUT2D eigenvalue weighted by molar-refractivity contribution is 4.67. The van der Waals surface area contributed by atoms with Crippen molar-refractivity contribution in [2.24, 2.45) is 11.8 Å². The van der Waals surface area contributed by atoms with Gasteiger partial charge in [0.05, 0.1) is 0 Å². The fourth-order valence-electron chi connectivity index (χ4n) is 1.98.